The summed E-state index contributed by atoms with van der Waals surface area (Å²) in [6, 6.07) is 0.133. The molecule has 1 saturated carbocycles. The van der Waals surface area contributed by atoms with Crippen LogP contribution in [0.2, 0.25) is 0 Å². The SMILES string of the molecule is CC(N)C1CCCN(C(=O)C2CCCCC2C(=O)N2CCCC2)C1. The largest absolute Gasteiger partial charge is 0.342 e. The zero-order valence-corrected chi connectivity index (χ0v) is 15.1. The molecule has 2 amide bonds. The first-order chi connectivity index (χ1) is 11.6. The second-order valence-corrected chi connectivity index (χ2v) is 8.08. The van der Waals surface area contributed by atoms with E-state index in [2.05, 4.69) is 0 Å². The van der Waals surface area contributed by atoms with Gasteiger partial charge >= 0.3 is 0 Å². The van der Waals surface area contributed by atoms with Gasteiger partial charge < -0.3 is 15.5 Å². The average Bonchev–Trinajstić information content (AvgIpc) is 3.15. The summed E-state index contributed by atoms with van der Waals surface area (Å²) in [5.41, 5.74) is 6.07. The van der Waals surface area contributed by atoms with Crippen LogP contribution in [-0.2, 0) is 9.59 Å². The Morgan fingerprint density at radius 3 is 1.96 bits per heavy atom. The van der Waals surface area contributed by atoms with E-state index >= 15 is 0 Å². The van der Waals surface area contributed by atoms with Crippen molar-refractivity contribution in [2.45, 2.75) is 64.3 Å². The highest BCUT2D eigenvalue weighted by atomic mass is 16.2. The van der Waals surface area contributed by atoms with Crippen molar-refractivity contribution in [2.75, 3.05) is 26.2 Å². The van der Waals surface area contributed by atoms with Crippen LogP contribution in [0.4, 0.5) is 0 Å². The van der Waals surface area contributed by atoms with Gasteiger partial charge in [0.15, 0.2) is 0 Å². The fraction of sp³-hybridized carbons (Fsp3) is 0.895. The Balaban J connectivity index is 1.67. The Labute approximate surface area is 145 Å². The summed E-state index contributed by atoms with van der Waals surface area (Å²) in [5.74, 6) is 0.682. The first-order valence-electron chi connectivity index (χ1n) is 9.91. The molecule has 5 nitrogen and oxygen atoms in total. The number of carbonyl (C=O) groups is 2. The lowest BCUT2D eigenvalue weighted by Crippen LogP contribution is -2.50. The molecule has 0 spiro atoms. The second-order valence-electron chi connectivity index (χ2n) is 8.08. The van der Waals surface area contributed by atoms with E-state index in [1.54, 1.807) is 0 Å². The lowest BCUT2D eigenvalue weighted by Gasteiger charge is -2.39. The van der Waals surface area contributed by atoms with Crippen molar-refractivity contribution in [3.05, 3.63) is 0 Å². The topological polar surface area (TPSA) is 66.6 Å². The van der Waals surface area contributed by atoms with E-state index < -0.39 is 0 Å². The molecule has 24 heavy (non-hydrogen) atoms. The number of likely N-dealkylation sites (tertiary alicyclic amines) is 2. The van der Waals surface area contributed by atoms with Gasteiger partial charge in [-0.05, 0) is 51.4 Å². The van der Waals surface area contributed by atoms with Gasteiger partial charge in [-0.25, -0.2) is 0 Å². The molecule has 2 aliphatic heterocycles. The lowest BCUT2D eigenvalue weighted by atomic mass is 9.77. The number of nitrogens with zero attached hydrogens (tertiary/aromatic N) is 2. The summed E-state index contributed by atoms with van der Waals surface area (Å²) in [4.78, 5) is 30.1. The molecule has 4 atom stereocenters. The van der Waals surface area contributed by atoms with Gasteiger partial charge in [0.1, 0.15) is 0 Å². The maximum Gasteiger partial charge on any atom is 0.226 e. The van der Waals surface area contributed by atoms with Crippen molar-refractivity contribution in [2.24, 2.45) is 23.5 Å². The first-order valence-corrected chi connectivity index (χ1v) is 9.91. The quantitative estimate of drug-likeness (QED) is 0.858. The minimum absolute atomic E-state index is 0.0833. The monoisotopic (exact) mass is 335 g/mol. The van der Waals surface area contributed by atoms with E-state index in [4.69, 9.17) is 5.73 Å². The summed E-state index contributed by atoms with van der Waals surface area (Å²) in [6.07, 6.45) is 8.29. The molecular formula is C19H33N3O2. The Morgan fingerprint density at radius 2 is 1.38 bits per heavy atom. The number of amides is 2. The van der Waals surface area contributed by atoms with Crippen molar-refractivity contribution in [3.8, 4) is 0 Å². The molecular weight excluding hydrogens is 302 g/mol. The zero-order valence-electron chi connectivity index (χ0n) is 15.1. The summed E-state index contributed by atoms with van der Waals surface area (Å²) in [7, 11) is 0. The molecule has 136 valence electrons. The number of hydrogen-bond donors (Lipinski definition) is 1. The van der Waals surface area contributed by atoms with Gasteiger partial charge in [-0.2, -0.15) is 0 Å². The van der Waals surface area contributed by atoms with E-state index in [-0.39, 0.29) is 29.7 Å². The number of hydrogen-bond acceptors (Lipinski definition) is 3. The third kappa shape index (κ3) is 3.76. The maximum atomic E-state index is 13.2. The van der Waals surface area contributed by atoms with E-state index in [1.807, 2.05) is 16.7 Å². The van der Waals surface area contributed by atoms with Crippen LogP contribution in [0.1, 0.15) is 58.3 Å². The first kappa shape index (κ1) is 17.7. The predicted octanol–water partition coefficient (Wildman–Crippen LogP) is 2.00. The number of carbonyl (C=O) groups excluding carboxylic acids is 2. The normalized spacial score (nSPS) is 32.7. The van der Waals surface area contributed by atoms with Crippen molar-refractivity contribution in [1.29, 1.82) is 0 Å². The fourth-order valence-corrected chi connectivity index (χ4v) is 4.77. The molecule has 0 aromatic rings. The van der Waals surface area contributed by atoms with Crippen LogP contribution >= 0.6 is 0 Å². The molecule has 3 rings (SSSR count). The third-order valence-electron chi connectivity index (χ3n) is 6.33. The van der Waals surface area contributed by atoms with Gasteiger partial charge in [-0.1, -0.05) is 12.8 Å². The van der Waals surface area contributed by atoms with Gasteiger partial charge in [0.2, 0.25) is 11.8 Å². The summed E-state index contributed by atoms with van der Waals surface area (Å²) >= 11 is 0. The highest BCUT2D eigenvalue weighted by molar-refractivity contribution is 5.88. The highest BCUT2D eigenvalue weighted by Gasteiger charge is 2.41. The van der Waals surface area contributed by atoms with Gasteiger partial charge in [0.25, 0.3) is 0 Å². The molecule has 0 bridgehead atoms. The standard InChI is InChI=1S/C19H33N3O2/c1-14(20)15-7-6-12-22(13-15)19(24)17-9-3-2-8-16(17)18(23)21-10-4-5-11-21/h14-17H,2-13,20H2,1H3. The van der Waals surface area contributed by atoms with Crippen LogP contribution < -0.4 is 5.73 Å². The summed E-state index contributed by atoms with van der Waals surface area (Å²) in [5, 5.41) is 0. The van der Waals surface area contributed by atoms with Crippen molar-refractivity contribution >= 4 is 11.8 Å². The lowest BCUT2D eigenvalue weighted by molar-refractivity contribution is -0.148. The molecule has 0 aromatic heterocycles. The summed E-state index contributed by atoms with van der Waals surface area (Å²) in [6.45, 7) is 5.42. The minimum Gasteiger partial charge on any atom is -0.342 e. The molecule has 0 radical (unpaired) electrons. The zero-order chi connectivity index (χ0) is 17.1. The van der Waals surface area contributed by atoms with Crippen LogP contribution in [0.15, 0.2) is 0 Å². The van der Waals surface area contributed by atoms with E-state index in [0.29, 0.717) is 5.92 Å². The Morgan fingerprint density at radius 1 is 0.833 bits per heavy atom. The molecule has 1 aliphatic carbocycles. The third-order valence-corrected chi connectivity index (χ3v) is 6.33. The Kier molecular flexibility index (Phi) is 5.80. The van der Waals surface area contributed by atoms with Crippen LogP contribution in [0.5, 0.6) is 0 Å². The van der Waals surface area contributed by atoms with Crippen LogP contribution in [0.3, 0.4) is 0 Å². The van der Waals surface area contributed by atoms with Gasteiger partial charge in [0.05, 0.1) is 0 Å². The molecule has 2 saturated heterocycles. The molecule has 5 heteroatoms. The fourth-order valence-electron chi connectivity index (χ4n) is 4.77. The smallest absolute Gasteiger partial charge is 0.226 e. The van der Waals surface area contributed by atoms with Crippen molar-refractivity contribution < 1.29 is 9.59 Å². The van der Waals surface area contributed by atoms with Crippen LogP contribution in [-0.4, -0.2) is 53.8 Å². The van der Waals surface area contributed by atoms with Crippen LogP contribution in [0.25, 0.3) is 0 Å². The number of piperidine rings is 1. The van der Waals surface area contributed by atoms with Gasteiger partial charge in [0, 0.05) is 44.1 Å². The predicted molar refractivity (Wildman–Crippen MR) is 94.2 cm³/mol. The average molecular weight is 335 g/mol. The Hall–Kier alpha value is -1.10. The van der Waals surface area contributed by atoms with Crippen molar-refractivity contribution in [3.63, 3.8) is 0 Å². The Bertz CT molecular complexity index is 460. The number of nitrogens with two attached hydrogens (primary N) is 1. The van der Waals surface area contributed by atoms with Gasteiger partial charge in [-0.3, -0.25) is 9.59 Å². The van der Waals surface area contributed by atoms with Crippen LogP contribution in [0, 0.1) is 17.8 Å². The highest BCUT2D eigenvalue weighted by Crippen LogP contribution is 2.34. The molecule has 2 heterocycles. The molecule has 0 aromatic carbocycles. The molecule has 3 fully saturated rings. The van der Waals surface area contributed by atoms with E-state index in [0.717, 1.165) is 77.5 Å². The second kappa shape index (κ2) is 7.85. The van der Waals surface area contributed by atoms with E-state index in [1.165, 1.54) is 0 Å². The minimum atomic E-state index is -0.0984. The number of rotatable bonds is 3. The van der Waals surface area contributed by atoms with E-state index in [9.17, 15) is 9.59 Å². The molecule has 4 unspecified atom stereocenters. The molecule has 3 aliphatic rings. The van der Waals surface area contributed by atoms with Crippen molar-refractivity contribution in [1.82, 2.24) is 9.80 Å². The molecule has 2 N–H and O–H groups in total. The van der Waals surface area contributed by atoms with Gasteiger partial charge in [-0.15, -0.1) is 0 Å². The maximum absolute atomic E-state index is 13.2. The summed E-state index contributed by atoms with van der Waals surface area (Å²) < 4.78 is 0.